The predicted molar refractivity (Wildman–Crippen MR) is 188 cm³/mol. The van der Waals surface area contributed by atoms with E-state index in [9.17, 15) is 9.90 Å². The van der Waals surface area contributed by atoms with Gasteiger partial charge in [0.1, 0.15) is 5.76 Å². The summed E-state index contributed by atoms with van der Waals surface area (Å²) in [5.74, 6) is 0.104. The normalized spacial score (nSPS) is 14.0. The number of benzene rings is 3. The van der Waals surface area contributed by atoms with Gasteiger partial charge in [-0.2, -0.15) is 0 Å². The molecule has 0 fully saturated rings. The zero-order valence-corrected chi connectivity index (χ0v) is 31.5. The van der Waals surface area contributed by atoms with Gasteiger partial charge < -0.3 is 5.11 Å². The van der Waals surface area contributed by atoms with Crippen LogP contribution in [-0.2, 0) is 30.3 Å². The van der Waals surface area contributed by atoms with Crippen molar-refractivity contribution in [1.82, 2.24) is 4.98 Å². The number of aryl methyl sites for hydroxylation is 3. The summed E-state index contributed by atoms with van der Waals surface area (Å²) in [5.41, 5.74) is 10.4. The monoisotopic (exact) mass is 795 g/mol. The van der Waals surface area contributed by atoms with Crippen LogP contribution < -0.4 is 0 Å². The van der Waals surface area contributed by atoms with Gasteiger partial charge in [0.15, 0.2) is 5.78 Å². The number of nitrogens with zero attached hydrogens (tertiary/aromatic N) is 1. The van der Waals surface area contributed by atoms with Gasteiger partial charge in [-0.05, 0) is 71.7 Å². The van der Waals surface area contributed by atoms with Crippen LogP contribution >= 0.6 is 11.3 Å². The fourth-order valence-corrected chi connectivity index (χ4v) is 7.58. The molecule has 2 heterocycles. The first-order chi connectivity index (χ1) is 20.4. The summed E-state index contributed by atoms with van der Waals surface area (Å²) < 4.78 is 1.37. The summed E-state index contributed by atoms with van der Waals surface area (Å²) in [5, 5.41) is 12.2. The summed E-state index contributed by atoms with van der Waals surface area (Å²) in [6.07, 6.45) is 1.33. The van der Waals surface area contributed by atoms with E-state index in [1.807, 2.05) is 52.9 Å². The molecule has 1 aliphatic carbocycles. The van der Waals surface area contributed by atoms with E-state index < -0.39 is 5.41 Å². The molecule has 5 aromatic rings. The third-order valence-corrected chi connectivity index (χ3v) is 9.77. The molecule has 6 rings (SSSR count). The maximum Gasteiger partial charge on any atom is 0.164 e. The summed E-state index contributed by atoms with van der Waals surface area (Å²) in [7, 11) is 0. The molecule has 0 saturated carbocycles. The van der Waals surface area contributed by atoms with E-state index in [2.05, 4.69) is 95.3 Å². The molecule has 0 unspecified atom stereocenters. The Labute approximate surface area is 286 Å². The van der Waals surface area contributed by atoms with Crippen molar-refractivity contribution in [2.75, 3.05) is 0 Å². The molecule has 0 atom stereocenters. The van der Waals surface area contributed by atoms with E-state index in [1.165, 1.54) is 59.8 Å². The summed E-state index contributed by atoms with van der Waals surface area (Å²) >= 11 is 1.91. The maximum atomic E-state index is 11.5. The minimum atomic E-state index is -0.417. The van der Waals surface area contributed by atoms with E-state index in [1.54, 1.807) is 0 Å². The molecule has 2 aromatic heterocycles. The van der Waals surface area contributed by atoms with E-state index >= 15 is 0 Å². The van der Waals surface area contributed by atoms with Crippen LogP contribution in [0, 0.1) is 37.7 Å². The minimum absolute atomic E-state index is 0. The third-order valence-electron chi connectivity index (χ3n) is 8.57. The van der Waals surface area contributed by atoms with Gasteiger partial charge in [-0.3, -0.25) is 9.78 Å². The largest absolute Gasteiger partial charge is 0.512 e. The number of aliphatic hydroxyl groups is 1. The van der Waals surface area contributed by atoms with Gasteiger partial charge in [-0.25, -0.2) is 0 Å². The summed E-state index contributed by atoms with van der Waals surface area (Å²) in [6.45, 7) is 22.4. The van der Waals surface area contributed by atoms with Gasteiger partial charge in [0.25, 0.3) is 0 Å². The van der Waals surface area contributed by atoms with Gasteiger partial charge in [0.2, 0.25) is 0 Å². The number of carbonyl (C=O) groups excluding carboxylic acids is 1. The van der Waals surface area contributed by atoms with Crippen LogP contribution in [0.2, 0.25) is 0 Å². The van der Waals surface area contributed by atoms with Crippen molar-refractivity contribution in [3.05, 3.63) is 100 Å². The molecule has 1 N–H and O–H groups in total. The molecule has 0 amide bonds. The van der Waals surface area contributed by atoms with E-state index in [4.69, 9.17) is 4.98 Å². The van der Waals surface area contributed by atoms with Crippen LogP contribution in [0.4, 0.5) is 0 Å². The second-order valence-corrected chi connectivity index (χ2v) is 15.8. The average molecular weight is 795 g/mol. The number of carbonyl (C=O) groups is 1. The van der Waals surface area contributed by atoms with Gasteiger partial charge >= 0.3 is 0 Å². The number of ketones is 1. The van der Waals surface area contributed by atoms with Crippen molar-refractivity contribution >= 4 is 38.1 Å². The van der Waals surface area contributed by atoms with Gasteiger partial charge in [-0.15, -0.1) is 40.7 Å². The average Bonchev–Trinajstić information content (AvgIpc) is 3.41. The van der Waals surface area contributed by atoms with Crippen LogP contribution in [0.3, 0.4) is 0 Å². The van der Waals surface area contributed by atoms with Crippen LogP contribution in [0.25, 0.3) is 42.7 Å². The first-order valence-corrected chi connectivity index (χ1v) is 16.1. The Bertz CT molecular complexity index is 1970. The van der Waals surface area contributed by atoms with Crippen molar-refractivity contribution < 1.29 is 30.0 Å². The summed E-state index contributed by atoms with van der Waals surface area (Å²) in [4.78, 5) is 18.0. The van der Waals surface area contributed by atoms with E-state index in [-0.39, 0.29) is 42.5 Å². The zero-order valence-electron chi connectivity index (χ0n) is 28.3. The molecule has 3 nitrogen and oxygen atoms in total. The molecule has 1 aliphatic rings. The van der Waals surface area contributed by atoms with Crippen molar-refractivity contribution in [3.63, 3.8) is 0 Å². The number of aliphatic hydroxyl groups excluding tert-OH is 1. The molecule has 0 spiro atoms. The smallest absolute Gasteiger partial charge is 0.164 e. The number of hydrogen-bond acceptors (Lipinski definition) is 4. The quantitative estimate of drug-likeness (QED) is 0.110. The van der Waals surface area contributed by atoms with Crippen molar-refractivity contribution in [2.24, 2.45) is 10.8 Å². The topological polar surface area (TPSA) is 50.2 Å². The van der Waals surface area contributed by atoms with E-state index in [0.29, 0.717) is 0 Å². The van der Waals surface area contributed by atoms with Crippen LogP contribution in [-0.4, -0.2) is 15.9 Å². The molecular formula is C40H44IrNO2S-. The predicted octanol–water partition coefficient (Wildman–Crippen LogP) is 11.2. The van der Waals surface area contributed by atoms with Crippen molar-refractivity contribution in [3.8, 4) is 21.7 Å². The fraction of sp³-hybridized carbons (Fsp3) is 0.350. The Morgan fingerprint density at radius 2 is 1.56 bits per heavy atom. The molecule has 5 heteroatoms. The Morgan fingerprint density at radius 1 is 0.911 bits per heavy atom. The molecule has 45 heavy (non-hydrogen) atoms. The first kappa shape index (κ1) is 34.8. The fourth-order valence-electron chi connectivity index (χ4n) is 6.19. The number of thiophene rings is 1. The molecule has 0 aliphatic heterocycles. The molecule has 237 valence electrons. The van der Waals surface area contributed by atoms with Crippen LogP contribution in [0.15, 0.2) is 66.4 Å². The SMILES string of the molecule is CC(C)(C)C(=O)/C=C(\O)C(C)(C)C.Cc1cc(C)c2c(C)cc(-c3[c-]ccc4c3C(C)(C)c3c-4sc4ccccc34)nc2c1.[Ir]. The Balaban J connectivity index is 0.000000283. The Morgan fingerprint density at radius 3 is 2.20 bits per heavy atom. The Kier molecular flexibility index (Phi) is 9.46. The van der Waals surface area contributed by atoms with Gasteiger partial charge in [0, 0.05) is 52.0 Å². The molecule has 0 saturated heterocycles. The molecule has 1 radical (unpaired) electrons. The van der Waals surface area contributed by atoms with Gasteiger partial charge in [0.05, 0.1) is 5.52 Å². The van der Waals surface area contributed by atoms with Crippen molar-refractivity contribution in [2.45, 2.75) is 81.6 Å². The number of aromatic nitrogens is 1. The second kappa shape index (κ2) is 12.2. The standard InChI is InChI=1S/C29H24NS.C11H20O2.Ir/c1-16-13-17(2)25-18(3)15-22(30-23(25)14-16)19-10-8-11-21-26(19)29(4,5)27-20-9-6-7-12-24(20)31-28(21)27;1-10(2,3)8(12)7-9(13)11(4,5)6;/h6-9,11-15H,1-5H3;7,12H,1-6H3;/q-1;;/b;8-7-;. The van der Waals surface area contributed by atoms with Crippen LogP contribution in [0.1, 0.15) is 83.2 Å². The number of pyridine rings is 1. The van der Waals surface area contributed by atoms with Gasteiger partial charge in [-0.1, -0.05) is 91.3 Å². The number of allylic oxidation sites excluding steroid dienone is 2. The number of fused-ring (bicyclic) bond motifs is 6. The van der Waals surface area contributed by atoms with E-state index in [0.717, 1.165) is 16.8 Å². The summed E-state index contributed by atoms with van der Waals surface area (Å²) in [6, 6.07) is 23.4. The molecular weight excluding hydrogens is 751 g/mol. The molecule has 0 bridgehead atoms. The third kappa shape index (κ3) is 6.45. The number of hydrogen-bond donors (Lipinski definition) is 1. The zero-order chi connectivity index (χ0) is 32.4. The minimum Gasteiger partial charge on any atom is -0.512 e. The second-order valence-electron chi connectivity index (χ2n) is 14.8. The molecule has 3 aromatic carbocycles. The van der Waals surface area contributed by atoms with Crippen molar-refractivity contribution in [1.29, 1.82) is 0 Å². The van der Waals surface area contributed by atoms with Crippen LogP contribution in [0.5, 0.6) is 0 Å². The maximum absolute atomic E-state index is 11.5. The first-order valence-electron chi connectivity index (χ1n) is 15.3. The number of rotatable bonds is 2. The Hall–Kier alpha value is -3.11.